The Bertz CT molecular complexity index is 1850. The molecule has 180 valence electrons. The van der Waals surface area contributed by atoms with Gasteiger partial charge in [-0.2, -0.15) is 10.4 Å². The van der Waals surface area contributed by atoms with Gasteiger partial charge in [0.2, 0.25) is 0 Å². The summed E-state index contributed by atoms with van der Waals surface area (Å²) in [7, 11) is 3.24. The molecule has 0 amide bonds. The zero-order valence-electron chi connectivity index (χ0n) is 19.6. The number of nitriles is 1. The van der Waals surface area contributed by atoms with Crippen LogP contribution in [0.5, 0.6) is 0 Å². The summed E-state index contributed by atoms with van der Waals surface area (Å²) in [6.07, 6.45) is 5.40. The van der Waals surface area contributed by atoms with Gasteiger partial charge in [-0.1, -0.05) is 11.6 Å². The van der Waals surface area contributed by atoms with Crippen LogP contribution < -0.4 is 11.2 Å². The first-order valence-electron chi connectivity index (χ1n) is 11.5. The van der Waals surface area contributed by atoms with E-state index >= 15 is 0 Å². The second kappa shape index (κ2) is 8.17. The number of benzene rings is 1. The molecule has 1 aliphatic rings. The van der Waals surface area contributed by atoms with Gasteiger partial charge in [-0.3, -0.25) is 23.6 Å². The Morgan fingerprint density at radius 1 is 1.19 bits per heavy atom. The number of rotatable bonds is 5. The second-order valence-electron chi connectivity index (χ2n) is 9.21. The fourth-order valence-electron chi connectivity index (χ4n) is 4.64. The number of aromatic nitrogens is 7. The van der Waals surface area contributed by atoms with Crippen LogP contribution >= 0.6 is 11.6 Å². The molecule has 4 aromatic heterocycles. The van der Waals surface area contributed by atoms with Crippen molar-refractivity contribution in [2.45, 2.75) is 25.9 Å². The molecule has 6 rings (SSSR count). The molecule has 1 fully saturated rings. The van der Waals surface area contributed by atoms with E-state index in [0.717, 1.165) is 33.9 Å². The third-order valence-electron chi connectivity index (χ3n) is 6.68. The first kappa shape index (κ1) is 22.2. The third-order valence-corrected chi connectivity index (χ3v) is 6.92. The number of pyridine rings is 1. The number of hydrogen-bond donors (Lipinski definition) is 0. The first-order chi connectivity index (χ1) is 17.4. The molecule has 0 spiro atoms. The van der Waals surface area contributed by atoms with Gasteiger partial charge < -0.3 is 4.57 Å². The maximum absolute atomic E-state index is 13.5. The lowest BCUT2D eigenvalue weighted by atomic mass is 10.1. The minimum atomic E-state index is -0.451. The Morgan fingerprint density at radius 3 is 2.72 bits per heavy atom. The predicted octanol–water partition coefficient (Wildman–Crippen LogP) is 2.83. The number of hydrogen-bond acceptors (Lipinski definition) is 6. The normalized spacial score (nSPS) is 13.5. The van der Waals surface area contributed by atoms with Gasteiger partial charge in [0.05, 0.1) is 12.1 Å². The van der Waals surface area contributed by atoms with Gasteiger partial charge in [0, 0.05) is 43.4 Å². The molecule has 1 aromatic carbocycles. The third kappa shape index (κ3) is 3.51. The van der Waals surface area contributed by atoms with E-state index in [1.165, 1.54) is 7.05 Å². The van der Waals surface area contributed by atoms with E-state index in [4.69, 9.17) is 16.7 Å². The molecule has 0 bridgehead atoms. The summed E-state index contributed by atoms with van der Waals surface area (Å²) >= 11 is 6.28. The summed E-state index contributed by atoms with van der Waals surface area (Å²) in [5, 5.41) is 16.0. The summed E-state index contributed by atoms with van der Waals surface area (Å²) in [6, 6.07) is 9.41. The van der Waals surface area contributed by atoms with Crippen molar-refractivity contribution in [2.75, 3.05) is 0 Å². The number of aryl methyl sites for hydroxylation is 1. The standard InChI is InChI=1S/C25H21ClN8O2/c1-31-13-17(10-27)29-23(31)21-20-22(33(11-14-3-4-14)25(36)32(2)24(20)35)30-34(21)12-15-7-8-28-19-6-5-16(26)9-18(15)19/h5-9,13-14H,3-4,11-12H2,1-2H3. The van der Waals surface area contributed by atoms with Crippen LogP contribution in [0.1, 0.15) is 24.1 Å². The van der Waals surface area contributed by atoms with E-state index in [1.54, 1.807) is 39.3 Å². The molecule has 10 nitrogen and oxygen atoms in total. The average Bonchev–Trinajstić information content (AvgIpc) is 3.51. The van der Waals surface area contributed by atoms with Crippen molar-refractivity contribution >= 4 is 33.5 Å². The monoisotopic (exact) mass is 500 g/mol. The Hall–Kier alpha value is -4.23. The van der Waals surface area contributed by atoms with Crippen molar-refractivity contribution in [3.05, 3.63) is 73.8 Å². The lowest BCUT2D eigenvalue weighted by Crippen LogP contribution is -2.38. The minimum absolute atomic E-state index is 0.220. The maximum Gasteiger partial charge on any atom is 0.332 e. The Labute approximate surface area is 209 Å². The number of halogens is 1. The zero-order chi connectivity index (χ0) is 25.1. The lowest BCUT2D eigenvalue weighted by Gasteiger charge is -2.10. The lowest BCUT2D eigenvalue weighted by molar-refractivity contribution is 0.572. The molecule has 5 aromatic rings. The molecule has 0 radical (unpaired) electrons. The zero-order valence-corrected chi connectivity index (χ0v) is 20.4. The van der Waals surface area contributed by atoms with Crippen molar-refractivity contribution in [3.63, 3.8) is 0 Å². The molecule has 11 heteroatoms. The van der Waals surface area contributed by atoms with Gasteiger partial charge >= 0.3 is 5.69 Å². The fraction of sp³-hybridized carbons (Fsp3) is 0.280. The van der Waals surface area contributed by atoms with Crippen molar-refractivity contribution in [1.29, 1.82) is 5.26 Å². The van der Waals surface area contributed by atoms with E-state index in [1.807, 2.05) is 18.2 Å². The van der Waals surface area contributed by atoms with Crippen LogP contribution in [0, 0.1) is 17.2 Å². The summed E-state index contributed by atoms with van der Waals surface area (Å²) in [5.74, 6) is 0.806. The summed E-state index contributed by atoms with van der Waals surface area (Å²) in [4.78, 5) is 35.5. The molecule has 0 N–H and O–H groups in total. The van der Waals surface area contributed by atoms with Crippen LogP contribution in [-0.4, -0.2) is 33.4 Å². The molecule has 0 aliphatic heterocycles. The molecule has 1 saturated carbocycles. The fourth-order valence-corrected chi connectivity index (χ4v) is 4.81. The van der Waals surface area contributed by atoms with Crippen LogP contribution in [-0.2, 0) is 27.2 Å². The highest BCUT2D eigenvalue weighted by molar-refractivity contribution is 6.31. The second-order valence-corrected chi connectivity index (χ2v) is 9.65. The highest BCUT2D eigenvalue weighted by Crippen LogP contribution is 2.32. The quantitative estimate of drug-likeness (QED) is 0.366. The van der Waals surface area contributed by atoms with Gasteiger partial charge in [-0.15, -0.1) is 0 Å². The maximum atomic E-state index is 13.5. The molecule has 4 heterocycles. The average molecular weight is 501 g/mol. The molecule has 1 aliphatic carbocycles. The largest absolute Gasteiger partial charge is 0.332 e. The smallest absolute Gasteiger partial charge is 0.331 e. The number of nitrogens with zero attached hydrogens (tertiary/aromatic N) is 8. The van der Waals surface area contributed by atoms with Crippen LogP contribution in [0.2, 0.25) is 5.02 Å². The molecule has 0 saturated heterocycles. The summed E-state index contributed by atoms with van der Waals surface area (Å²) < 4.78 is 6.09. The number of imidazole rings is 1. The van der Waals surface area contributed by atoms with E-state index < -0.39 is 11.2 Å². The Kier molecular flexibility index (Phi) is 5.05. The van der Waals surface area contributed by atoms with Crippen molar-refractivity contribution < 1.29 is 0 Å². The molecular formula is C25H21ClN8O2. The van der Waals surface area contributed by atoms with Gasteiger partial charge in [0.1, 0.15) is 17.1 Å². The molecular weight excluding hydrogens is 480 g/mol. The number of fused-ring (bicyclic) bond motifs is 2. The van der Waals surface area contributed by atoms with Crippen LogP contribution in [0.25, 0.3) is 33.5 Å². The minimum Gasteiger partial charge on any atom is -0.331 e. The van der Waals surface area contributed by atoms with E-state index in [9.17, 15) is 14.9 Å². The topological polar surface area (TPSA) is 116 Å². The van der Waals surface area contributed by atoms with Crippen LogP contribution in [0.15, 0.2) is 46.2 Å². The van der Waals surface area contributed by atoms with Gasteiger partial charge in [-0.25, -0.2) is 9.78 Å². The van der Waals surface area contributed by atoms with Gasteiger partial charge in [0.15, 0.2) is 17.2 Å². The first-order valence-corrected chi connectivity index (χ1v) is 11.9. The molecule has 0 unspecified atom stereocenters. The Morgan fingerprint density at radius 2 is 2.00 bits per heavy atom. The SMILES string of the molecule is Cn1cc(C#N)nc1-c1c2c(=O)n(C)c(=O)n(CC3CC3)c2nn1Cc1ccnc2ccc(Cl)cc12. The van der Waals surface area contributed by atoms with Gasteiger partial charge in [0.25, 0.3) is 5.56 Å². The highest BCUT2D eigenvalue weighted by atomic mass is 35.5. The van der Waals surface area contributed by atoms with Gasteiger partial charge in [-0.05, 0) is 48.6 Å². The van der Waals surface area contributed by atoms with E-state index in [0.29, 0.717) is 40.0 Å². The van der Waals surface area contributed by atoms with Crippen molar-refractivity contribution in [1.82, 2.24) is 33.4 Å². The summed E-state index contributed by atoms with van der Waals surface area (Å²) in [6.45, 7) is 0.774. The molecule has 0 atom stereocenters. The Balaban J connectivity index is 1.67. The van der Waals surface area contributed by atoms with Crippen LogP contribution in [0.3, 0.4) is 0 Å². The highest BCUT2D eigenvalue weighted by Gasteiger charge is 2.29. The van der Waals surface area contributed by atoms with E-state index in [-0.39, 0.29) is 12.2 Å². The summed E-state index contributed by atoms with van der Waals surface area (Å²) in [5.41, 5.74) is 1.81. The van der Waals surface area contributed by atoms with Crippen molar-refractivity contribution in [2.24, 2.45) is 20.0 Å². The van der Waals surface area contributed by atoms with Crippen molar-refractivity contribution in [3.8, 4) is 17.6 Å². The molecule has 36 heavy (non-hydrogen) atoms. The van der Waals surface area contributed by atoms with E-state index in [2.05, 4.69) is 16.0 Å². The predicted molar refractivity (Wildman–Crippen MR) is 135 cm³/mol. The van der Waals surface area contributed by atoms with Crippen LogP contribution in [0.4, 0.5) is 0 Å².